The maximum atomic E-state index is 13.0. The number of esters is 2. The molecule has 19 heteroatoms. The van der Waals surface area contributed by atoms with E-state index >= 15 is 0 Å². The Balaban J connectivity index is 2.62. The summed E-state index contributed by atoms with van der Waals surface area (Å²) in [5.74, 6) is -1.25. The van der Waals surface area contributed by atoms with Crippen molar-refractivity contribution < 1.29 is 81.7 Å². The molecule has 0 spiro atoms. The largest absolute Gasteiger partial charge is 0.472 e. The van der Waals surface area contributed by atoms with Crippen LogP contribution in [0.1, 0.15) is 187 Å². The fraction of sp³-hybridized carbons (Fsp3) is 0.844. The number of phosphoric acid groups is 2. The van der Waals surface area contributed by atoms with Crippen molar-refractivity contribution in [3.8, 4) is 0 Å². The van der Waals surface area contributed by atoms with E-state index in [2.05, 4.69) is 24.4 Å². The van der Waals surface area contributed by atoms with Crippen LogP contribution in [-0.2, 0) is 46.6 Å². The first kappa shape index (κ1) is 60.2. The monoisotopic (exact) mass is 957 g/mol. The van der Waals surface area contributed by atoms with Crippen LogP contribution in [0, 0.1) is 0 Å². The van der Waals surface area contributed by atoms with Crippen LogP contribution in [0.3, 0.4) is 0 Å². The molecule has 7 N–H and O–H groups in total. The van der Waals surface area contributed by atoms with Crippen LogP contribution in [0.15, 0.2) is 24.3 Å². The van der Waals surface area contributed by atoms with Gasteiger partial charge in [0.25, 0.3) is 0 Å². The molecular weight excluding hydrogens is 874 g/mol. The van der Waals surface area contributed by atoms with E-state index in [0.29, 0.717) is 32.1 Å². The number of carbonyl (C=O) groups is 3. The van der Waals surface area contributed by atoms with Crippen molar-refractivity contribution in [2.24, 2.45) is 0 Å². The first-order valence-corrected chi connectivity index (χ1v) is 26.9. The van der Waals surface area contributed by atoms with E-state index in [4.69, 9.17) is 28.3 Å². The number of aliphatic hydroxyl groups excluding tert-OH is 4. The van der Waals surface area contributed by atoms with Crippen molar-refractivity contribution in [1.82, 2.24) is 0 Å². The number of hydrogen-bond donors (Lipinski definition) is 7. The van der Waals surface area contributed by atoms with Gasteiger partial charge in [0.05, 0.1) is 6.61 Å². The molecule has 1 rings (SSSR count). The van der Waals surface area contributed by atoms with Gasteiger partial charge < -0.3 is 44.6 Å². The van der Waals surface area contributed by atoms with Gasteiger partial charge in [-0.05, 0) is 38.2 Å². The van der Waals surface area contributed by atoms with Gasteiger partial charge in [-0.25, -0.2) is 9.13 Å². The van der Waals surface area contributed by atoms with Crippen LogP contribution in [0.4, 0.5) is 0 Å². The minimum atomic E-state index is -5.38. The molecule has 1 aliphatic carbocycles. The summed E-state index contributed by atoms with van der Waals surface area (Å²) in [6.07, 6.45) is 18.1. The highest BCUT2D eigenvalue weighted by Crippen LogP contribution is 2.49. The van der Waals surface area contributed by atoms with Crippen LogP contribution in [0.5, 0.6) is 0 Å². The molecule has 8 atom stereocenters. The fourth-order valence-electron chi connectivity index (χ4n) is 7.24. The van der Waals surface area contributed by atoms with Crippen molar-refractivity contribution in [3.05, 3.63) is 24.3 Å². The normalized spacial score (nSPS) is 21.9. The minimum Gasteiger partial charge on any atom is -0.462 e. The van der Waals surface area contributed by atoms with Crippen LogP contribution >= 0.6 is 15.6 Å². The highest BCUT2D eigenvalue weighted by molar-refractivity contribution is 7.47. The third kappa shape index (κ3) is 30.4. The topological polar surface area (TPSA) is 273 Å². The number of phosphoric ester groups is 2. The SMILES string of the molecule is CCCCC/C=C\C=C\C(=O)CCCCCCCC(=O)O[C@H](COC(=O)CCCCCCCCCCCCCCCCC)COP(=O)(O)O[C@H]1C(O)C(O)C(O)[C@@H](OP(=O)(O)O)C1O. The summed E-state index contributed by atoms with van der Waals surface area (Å²) in [7, 11) is -10.7. The average molecular weight is 957 g/mol. The van der Waals surface area contributed by atoms with Crippen LogP contribution in [-0.4, -0.2) is 109 Å². The zero-order valence-corrected chi connectivity index (χ0v) is 40.3. The van der Waals surface area contributed by atoms with E-state index in [1.807, 2.05) is 6.08 Å². The van der Waals surface area contributed by atoms with E-state index in [0.717, 1.165) is 57.8 Å². The Morgan fingerprint density at radius 2 is 0.984 bits per heavy atom. The van der Waals surface area contributed by atoms with Gasteiger partial charge in [0.2, 0.25) is 0 Å². The lowest BCUT2D eigenvalue weighted by Crippen LogP contribution is -2.64. The third-order valence-corrected chi connectivity index (χ3v) is 12.5. The van der Waals surface area contributed by atoms with Gasteiger partial charge in [0.1, 0.15) is 43.2 Å². The number of rotatable bonds is 40. The first-order valence-electron chi connectivity index (χ1n) is 23.8. The Kier molecular flexibility index (Phi) is 34.1. The Morgan fingerprint density at radius 1 is 0.531 bits per heavy atom. The molecule has 0 bridgehead atoms. The zero-order valence-electron chi connectivity index (χ0n) is 38.5. The Labute approximate surface area is 381 Å². The van der Waals surface area contributed by atoms with E-state index in [-0.39, 0.29) is 18.6 Å². The second-order valence-corrected chi connectivity index (χ2v) is 19.5. The zero-order chi connectivity index (χ0) is 47.6. The van der Waals surface area contributed by atoms with Gasteiger partial charge >= 0.3 is 27.6 Å². The molecule has 0 aromatic carbocycles. The van der Waals surface area contributed by atoms with Gasteiger partial charge in [0, 0.05) is 19.3 Å². The van der Waals surface area contributed by atoms with Gasteiger partial charge in [0.15, 0.2) is 11.9 Å². The summed E-state index contributed by atoms with van der Waals surface area (Å²) < 4.78 is 49.3. The third-order valence-electron chi connectivity index (χ3n) is 11.0. The lowest BCUT2D eigenvalue weighted by molar-refractivity contribution is -0.216. The summed E-state index contributed by atoms with van der Waals surface area (Å²) in [4.78, 5) is 66.3. The molecule has 5 unspecified atom stereocenters. The summed E-state index contributed by atoms with van der Waals surface area (Å²) in [5, 5.41) is 41.2. The van der Waals surface area contributed by atoms with Crippen molar-refractivity contribution in [3.63, 3.8) is 0 Å². The van der Waals surface area contributed by atoms with Crippen LogP contribution in [0.25, 0.3) is 0 Å². The number of aliphatic hydroxyl groups is 4. The van der Waals surface area contributed by atoms with E-state index < -0.39 is 83.5 Å². The molecule has 17 nitrogen and oxygen atoms in total. The molecule has 0 amide bonds. The molecule has 64 heavy (non-hydrogen) atoms. The Morgan fingerprint density at radius 3 is 1.50 bits per heavy atom. The molecule has 1 fully saturated rings. The number of carbonyl (C=O) groups excluding carboxylic acids is 3. The standard InChI is InChI=1S/C45H82O17P2/c1-3-5-7-9-11-12-13-14-15-16-17-18-20-24-28-32-38(47)58-34-37(60-39(48)33-29-25-21-23-27-31-36(46)30-26-22-19-10-8-6-4-2)35-59-64(56,57)62-45-42(51)40(49)41(50)44(43(45)52)61-63(53,54)55/h19,22,26,30,37,40-45,49-52H,3-18,20-21,23-25,27-29,31-35H2,1-2H3,(H,56,57)(H2,53,54,55)/b22-19-,30-26+/t37-,40?,41?,42?,43?,44-,45+/m1/s1. The lowest BCUT2D eigenvalue weighted by Gasteiger charge is -2.43. The van der Waals surface area contributed by atoms with E-state index in [1.165, 1.54) is 70.6 Å². The summed E-state index contributed by atoms with van der Waals surface area (Å²) >= 11 is 0. The van der Waals surface area contributed by atoms with Crippen molar-refractivity contribution in [2.75, 3.05) is 13.2 Å². The van der Waals surface area contributed by atoms with Gasteiger partial charge in [-0.3, -0.25) is 28.0 Å². The van der Waals surface area contributed by atoms with E-state index in [9.17, 15) is 48.8 Å². The predicted octanol–water partition coefficient (Wildman–Crippen LogP) is 8.13. The molecule has 0 heterocycles. The number of allylic oxidation sites excluding steroid dienone is 4. The van der Waals surface area contributed by atoms with Gasteiger partial charge in [-0.2, -0.15) is 0 Å². The quantitative estimate of drug-likeness (QED) is 0.0100. The number of unbranched alkanes of at least 4 members (excludes halogenated alkanes) is 21. The minimum absolute atomic E-state index is 0.0370. The van der Waals surface area contributed by atoms with Crippen molar-refractivity contribution >= 4 is 33.4 Å². The second-order valence-electron chi connectivity index (χ2n) is 16.9. The summed E-state index contributed by atoms with van der Waals surface area (Å²) in [5.41, 5.74) is 0. The van der Waals surface area contributed by atoms with Crippen LogP contribution < -0.4 is 0 Å². The summed E-state index contributed by atoms with van der Waals surface area (Å²) in [6.45, 7) is 2.96. The number of ether oxygens (including phenoxy) is 2. The highest BCUT2D eigenvalue weighted by atomic mass is 31.2. The lowest BCUT2D eigenvalue weighted by atomic mass is 9.85. The summed E-state index contributed by atoms with van der Waals surface area (Å²) in [6, 6.07) is 0. The van der Waals surface area contributed by atoms with Gasteiger partial charge in [-0.1, -0.05) is 154 Å². The van der Waals surface area contributed by atoms with Gasteiger partial charge in [-0.15, -0.1) is 0 Å². The second kappa shape index (κ2) is 36.2. The molecule has 1 aliphatic rings. The van der Waals surface area contributed by atoms with E-state index in [1.54, 1.807) is 12.2 Å². The molecule has 0 saturated heterocycles. The number of ketones is 1. The average Bonchev–Trinajstić information content (AvgIpc) is 3.24. The molecule has 1 saturated carbocycles. The molecule has 0 aliphatic heterocycles. The molecule has 374 valence electrons. The van der Waals surface area contributed by atoms with Crippen LogP contribution in [0.2, 0.25) is 0 Å². The molecule has 0 aromatic rings. The fourth-order valence-corrected chi connectivity index (χ4v) is 8.78. The Bertz CT molecular complexity index is 1400. The maximum absolute atomic E-state index is 13.0. The predicted molar refractivity (Wildman–Crippen MR) is 242 cm³/mol. The smallest absolute Gasteiger partial charge is 0.462 e. The molecule has 0 aromatic heterocycles. The molecule has 0 radical (unpaired) electrons. The highest BCUT2D eigenvalue weighted by Gasteiger charge is 2.54. The Hall–Kier alpha value is -1.85. The first-order chi connectivity index (χ1) is 30.5. The number of hydrogen-bond acceptors (Lipinski definition) is 14. The molecular formula is C45H82O17P2. The van der Waals surface area contributed by atoms with Crippen molar-refractivity contribution in [1.29, 1.82) is 0 Å². The maximum Gasteiger partial charge on any atom is 0.472 e. The van der Waals surface area contributed by atoms with Crippen molar-refractivity contribution in [2.45, 2.75) is 230 Å².